The van der Waals surface area contributed by atoms with Gasteiger partial charge in [-0.15, -0.1) is 23.1 Å². The van der Waals surface area contributed by atoms with Gasteiger partial charge in [0.25, 0.3) is 17.5 Å². The lowest BCUT2D eigenvalue weighted by atomic mass is 9.96. The Balaban J connectivity index is 1.33. The zero-order valence-corrected chi connectivity index (χ0v) is 29.9. The molecule has 0 saturated heterocycles. The van der Waals surface area contributed by atoms with Crippen molar-refractivity contribution in [1.82, 2.24) is 5.32 Å². The molecule has 11 nitrogen and oxygen atoms in total. The van der Waals surface area contributed by atoms with Gasteiger partial charge < -0.3 is 20.7 Å². The van der Waals surface area contributed by atoms with Crippen LogP contribution in [0.4, 0.5) is 16.4 Å². The first-order chi connectivity index (χ1) is 24.7. The second kappa shape index (κ2) is 17.6. The lowest BCUT2D eigenvalue weighted by Crippen LogP contribution is -2.30. The normalized spacial score (nSPS) is 13.5. The summed E-state index contributed by atoms with van der Waals surface area (Å²) in [5.41, 5.74) is 2.48. The van der Waals surface area contributed by atoms with E-state index in [2.05, 4.69) is 16.0 Å². The number of rotatable bonds is 12. The van der Waals surface area contributed by atoms with Gasteiger partial charge in [-0.3, -0.25) is 24.5 Å². The Kier molecular flexibility index (Phi) is 12.8. The molecular formula is C38H38N4O7S2. The number of thioether (sulfide) groups is 1. The maximum Gasteiger partial charge on any atom is 0.341 e. The van der Waals surface area contributed by atoms with Gasteiger partial charge in [-0.2, -0.15) is 0 Å². The minimum atomic E-state index is -0.617. The molecule has 1 unspecified atom stereocenters. The van der Waals surface area contributed by atoms with Crippen LogP contribution in [0.25, 0.3) is 6.08 Å². The number of aryl methyl sites for hydroxylation is 1. The van der Waals surface area contributed by atoms with Crippen LogP contribution in [0.1, 0.15) is 75.7 Å². The minimum Gasteiger partial charge on any atom is -0.465 e. The van der Waals surface area contributed by atoms with Gasteiger partial charge in [0.2, 0.25) is 5.91 Å². The molecule has 3 aromatic carbocycles. The third-order valence-corrected chi connectivity index (χ3v) is 10.8. The van der Waals surface area contributed by atoms with Crippen LogP contribution in [0.3, 0.4) is 0 Å². The summed E-state index contributed by atoms with van der Waals surface area (Å²) in [6.45, 7) is 1.91. The highest BCUT2D eigenvalue weighted by atomic mass is 32.2. The van der Waals surface area contributed by atoms with Crippen molar-refractivity contribution in [3.8, 4) is 0 Å². The fourth-order valence-electron chi connectivity index (χ4n) is 5.65. The van der Waals surface area contributed by atoms with Crippen molar-refractivity contribution in [2.75, 3.05) is 17.7 Å². The Morgan fingerprint density at radius 2 is 1.67 bits per heavy atom. The first kappa shape index (κ1) is 37.0. The van der Waals surface area contributed by atoms with Crippen LogP contribution in [0.2, 0.25) is 0 Å². The fourth-order valence-corrected chi connectivity index (χ4v) is 7.94. The van der Waals surface area contributed by atoms with E-state index in [-0.39, 0.29) is 17.3 Å². The Labute approximate surface area is 304 Å². The van der Waals surface area contributed by atoms with Gasteiger partial charge in [0, 0.05) is 33.2 Å². The maximum absolute atomic E-state index is 13.6. The second-order valence-electron chi connectivity index (χ2n) is 11.8. The summed E-state index contributed by atoms with van der Waals surface area (Å²) in [7, 11) is 1.35. The van der Waals surface area contributed by atoms with Gasteiger partial charge in [-0.25, -0.2) is 4.79 Å². The van der Waals surface area contributed by atoms with Gasteiger partial charge in [0.05, 0.1) is 22.8 Å². The average molecular weight is 727 g/mol. The van der Waals surface area contributed by atoms with Crippen molar-refractivity contribution in [2.24, 2.45) is 0 Å². The van der Waals surface area contributed by atoms with E-state index in [0.717, 1.165) is 53.9 Å². The molecule has 3 N–H and O–H groups in total. The van der Waals surface area contributed by atoms with Crippen molar-refractivity contribution in [3.05, 3.63) is 122 Å². The fraction of sp³-hybridized carbons (Fsp3) is 0.263. The number of nitrogens with one attached hydrogen (secondary N) is 3. The SMILES string of the molecule is CCC(Sc1cccc(NC(=O)/C(=C\c2ccc([N+](=O)[O-])cc2)NC(=O)c2ccccc2)c1)C(=O)Nc1sc2c(c1C(=O)OC)CCCCCC2. The number of hydrogen-bond acceptors (Lipinski definition) is 9. The summed E-state index contributed by atoms with van der Waals surface area (Å²) in [6, 6.07) is 21.0. The molecule has 1 aliphatic rings. The van der Waals surface area contributed by atoms with Crippen molar-refractivity contribution in [3.63, 3.8) is 0 Å². The molecule has 13 heteroatoms. The number of ether oxygens (including phenoxy) is 1. The first-order valence-corrected chi connectivity index (χ1v) is 18.3. The minimum absolute atomic E-state index is 0.0759. The number of methoxy groups -OCH3 is 1. The molecule has 0 fully saturated rings. The van der Waals surface area contributed by atoms with E-state index in [1.165, 1.54) is 60.5 Å². The van der Waals surface area contributed by atoms with Crippen molar-refractivity contribution < 1.29 is 28.8 Å². The van der Waals surface area contributed by atoms with Crippen LogP contribution in [-0.2, 0) is 27.2 Å². The Bertz CT molecular complexity index is 1940. The molecule has 0 radical (unpaired) electrons. The number of anilines is 2. The predicted octanol–water partition coefficient (Wildman–Crippen LogP) is 8.02. The number of fused-ring (bicyclic) bond motifs is 1. The number of esters is 1. The van der Waals surface area contributed by atoms with Crippen LogP contribution in [0.15, 0.2) is 89.5 Å². The Hall–Kier alpha value is -5.27. The molecular weight excluding hydrogens is 689 g/mol. The molecule has 4 aromatic rings. The monoisotopic (exact) mass is 726 g/mol. The highest BCUT2D eigenvalue weighted by molar-refractivity contribution is 8.00. The number of thiophene rings is 1. The van der Waals surface area contributed by atoms with Gasteiger partial charge in [0.1, 0.15) is 10.7 Å². The molecule has 1 aliphatic carbocycles. The summed E-state index contributed by atoms with van der Waals surface area (Å²) >= 11 is 2.78. The van der Waals surface area contributed by atoms with Gasteiger partial charge in [0.15, 0.2) is 0 Å². The standard InChI is InChI=1S/C38H38N4O7S2/c1-3-31(36(45)41-37-33(38(46)49-2)29-16-9-4-5-10-17-32(29)51-37)50-28-15-11-14-26(23-28)39-35(44)30(40-34(43)25-12-7-6-8-13-25)22-24-18-20-27(21-19-24)42(47)48/h6-8,11-15,18-23,31H,3-5,9-10,16-17H2,1-2H3,(H,39,44)(H,40,43)(H,41,45)/b30-22+. The zero-order valence-electron chi connectivity index (χ0n) is 28.2. The molecule has 1 heterocycles. The largest absolute Gasteiger partial charge is 0.465 e. The summed E-state index contributed by atoms with van der Waals surface area (Å²) in [4.78, 5) is 65.5. The van der Waals surface area contributed by atoms with E-state index >= 15 is 0 Å². The molecule has 0 saturated carbocycles. The second-order valence-corrected chi connectivity index (χ2v) is 14.2. The van der Waals surface area contributed by atoms with Crippen LogP contribution >= 0.6 is 23.1 Å². The average Bonchev–Trinajstić information content (AvgIpc) is 3.45. The zero-order chi connectivity index (χ0) is 36.3. The number of nitro groups is 1. The predicted molar refractivity (Wildman–Crippen MR) is 200 cm³/mol. The topological polar surface area (TPSA) is 157 Å². The smallest absolute Gasteiger partial charge is 0.341 e. The van der Waals surface area contributed by atoms with E-state index in [4.69, 9.17) is 4.74 Å². The number of non-ortho nitro benzene ring substituents is 1. The van der Waals surface area contributed by atoms with E-state index in [1.54, 1.807) is 48.5 Å². The number of carbonyl (C=O) groups excluding carboxylic acids is 4. The molecule has 0 aliphatic heterocycles. The van der Waals surface area contributed by atoms with E-state index in [0.29, 0.717) is 33.8 Å². The summed E-state index contributed by atoms with van der Waals surface area (Å²) < 4.78 is 5.11. The third-order valence-electron chi connectivity index (χ3n) is 8.27. The van der Waals surface area contributed by atoms with Crippen LogP contribution in [-0.4, -0.2) is 41.0 Å². The Morgan fingerprint density at radius 1 is 0.941 bits per heavy atom. The number of carbonyl (C=O) groups is 4. The third kappa shape index (κ3) is 9.71. The summed E-state index contributed by atoms with van der Waals surface area (Å²) in [5.74, 6) is -1.82. The number of amides is 3. The molecule has 51 heavy (non-hydrogen) atoms. The molecule has 1 atom stereocenters. The molecule has 3 amide bonds. The summed E-state index contributed by atoms with van der Waals surface area (Å²) in [6.07, 6.45) is 7.84. The van der Waals surface area contributed by atoms with E-state index < -0.39 is 28.0 Å². The highest BCUT2D eigenvalue weighted by Crippen LogP contribution is 2.38. The molecule has 5 rings (SSSR count). The molecule has 0 bridgehead atoms. The van der Waals surface area contributed by atoms with E-state index in [9.17, 15) is 29.3 Å². The first-order valence-electron chi connectivity index (χ1n) is 16.6. The van der Waals surface area contributed by atoms with Gasteiger partial charge in [-0.05, 0) is 91.8 Å². The summed E-state index contributed by atoms with van der Waals surface area (Å²) in [5, 5.41) is 19.6. The lowest BCUT2D eigenvalue weighted by molar-refractivity contribution is -0.384. The van der Waals surface area contributed by atoms with Crippen LogP contribution in [0, 0.1) is 10.1 Å². The van der Waals surface area contributed by atoms with Crippen LogP contribution in [0.5, 0.6) is 0 Å². The lowest BCUT2D eigenvalue weighted by Gasteiger charge is -2.16. The van der Waals surface area contributed by atoms with Crippen molar-refractivity contribution >= 4 is 69.2 Å². The molecule has 1 aromatic heterocycles. The quantitative estimate of drug-likeness (QED) is 0.0436. The molecule has 0 spiro atoms. The Morgan fingerprint density at radius 3 is 2.35 bits per heavy atom. The number of hydrogen-bond donors (Lipinski definition) is 3. The number of benzene rings is 3. The number of nitrogens with zero attached hydrogens (tertiary/aromatic N) is 1. The van der Waals surface area contributed by atoms with Crippen molar-refractivity contribution in [2.45, 2.75) is 62.0 Å². The highest BCUT2D eigenvalue weighted by Gasteiger charge is 2.28. The van der Waals surface area contributed by atoms with Gasteiger partial charge in [-0.1, -0.05) is 44.0 Å². The van der Waals surface area contributed by atoms with E-state index in [1.807, 2.05) is 13.0 Å². The van der Waals surface area contributed by atoms with Gasteiger partial charge >= 0.3 is 5.97 Å². The number of nitro benzene ring substituents is 1. The van der Waals surface area contributed by atoms with Crippen molar-refractivity contribution in [1.29, 1.82) is 0 Å². The maximum atomic E-state index is 13.6. The molecule has 264 valence electrons. The van der Waals surface area contributed by atoms with Crippen LogP contribution < -0.4 is 16.0 Å².